The molecule has 4 heteroatoms. The molecule has 0 radical (unpaired) electrons. The number of aryl methyl sites for hydroxylation is 1. The van der Waals surface area contributed by atoms with Gasteiger partial charge in [-0.05, 0) is 25.0 Å². The number of hydrogen-bond acceptors (Lipinski definition) is 3. The predicted octanol–water partition coefficient (Wildman–Crippen LogP) is 2.82. The van der Waals surface area contributed by atoms with Crippen LogP contribution in [0.25, 0.3) is 0 Å². The normalized spacial score (nSPS) is 17.0. The van der Waals surface area contributed by atoms with E-state index in [0.717, 1.165) is 38.3 Å². The van der Waals surface area contributed by atoms with Crippen molar-refractivity contribution in [1.82, 2.24) is 15.1 Å². The van der Waals surface area contributed by atoms with Gasteiger partial charge in [0.15, 0.2) is 0 Å². The van der Waals surface area contributed by atoms with Crippen molar-refractivity contribution >= 4 is 5.91 Å². The van der Waals surface area contributed by atoms with Gasteiger partial charge in [-0.25, -0.2) is 0 Å². The number of carbonyl (C=O) groups excluding carboxylic acids is 1. The van der Waals surface area contributed by atoms with Gasteiger partial charge in [0.2, 0.25) is 5.91 Å². The Kier molecular flexibility index (Phi) is 6.42. The van der Waals surface area contributed by atoms with Crippen LogP contribution in [0.15, 0.2) is 54.6 Å². The van der Waals surface area contributed by atoms with Gasteiger partial charge >= 0.3 is 0 Å². The zero-order chi connectivity index (χ0) is 18.4. The monoisotopic (exact) mass is 351 g/mol. The van der Waals surface area contributed by atoms with Crippen molar-refractivity contribution < 1.29 is 4.79 Å². The molecule has 3 rings (SSSR count). The summed E-state index contributed by atoms with van der Waals surface area (Å²) in [5.41, 5.74) is 3.72. The lowest BCUT2D eigenvalue weighted by Crippen LogP contribution is -2.53. The maximum absolute atomic E-state index is 12.5. The lowest BCUT2D eigenvalue weighted by atomic mass is 10.1. The molecule has 1 saturated heterocycles. The van der Waals surface area contributed by atoms with E-state index in [9.17, 15) is 4.79 Å². The molecule has 1 aliphatic rings. The number of carbonyl (C=O) groups is 1. The molecule has 2 aromatic carbocycles. The Labute approximate surface area is 156 Å². The molecule has 0 bridgehead atoms. The summed E-state index contributed by atoms with van der Waals surface area (Å²) in [4.78, 5) is 17.3. The van der Waals surface area contributed by atoms with Gasteiger partial charge in [-0.1, -0.05) is 60.2 Å². The zero-order valence-electron chi connectivity index (χ0n) is 15.8. The van der Waals surface area contributed by atoms with Crippen LogP contribution in [0.2, 0.25) is 0 Å². The van der Waals surface area contributed by atoms with Gasteiger partial charge in [-0.15, -0.1) is 0 Å². The summed E-state index contributed by atoms with van der Waals surface area (Å²) in [7, 11) is 0. The highest BCUT2D eigenvalue weighted by atomic mass is 16.2. The number of benzene rings is 2. The van der Waals surface area contributed by atoms with Gasteiger partial charge in [-0.3, -0.25) is 14.6 Å². The molecule has 2 aromatic rings. The van der Waals surface area contributed by atoms with E-state index in [-0.39, 0.29) is 11.9 Å². The molecule has 138 valence electrons. The molecule has 1 fully saturated rings. The van der Waals surface area contributed by atoms with Gasteiger partial charge in [0.25, 0.3) is 0 Å². The Balaban J connectivity index is 1.44. The summed E-state index contributed by atoms with van der Waals surface area (Å²) < 4.78 is 0. The molecule has 1 unspecified atom stereocenters. The first-order chi connectivity index (χ1) is 12.6. The SMILES string of the molecule is Cc1cccc(CNC(=O)C(C)N2CCN(Cc3ccccc3)CC2)c1. The van der Waals surface area contributed by atoms with Crippen LogP contribution in [0, 0.1) is 6.92 Å². The number of piperazine rings is 1. The molecule has 26 heavy (non-hydrogen) atoms. The van der Waals surface area contributed by atoms with Gasteiger partial charge in [-0.2, -0.15) is 0 Å². The molecule has 0 aromatic heterocycles. The van der Waals surface area contributed by atoms with Crippen molar-refractivity contribution in [3.63, 3.8) is 0 Å². The molecule has 0 spiro atoms. The van der Waals surface area contributed by atoms with Crippen LogP contribution in [0.3, 0.4) is 0 Å². The second kappa shape index (κ2) is 8.97. The van der Waals surface area contributed by atoms with Gasteiger partial charge in [0, 0.05) is 39.3 Å². The standard InChI is InChI=1S/C22H29N3O/c1-18-7-6-10-21(15-18)16-23-22(26)19(2)25-13-11-24(12-14-25)17-20-8-4-3-5-9-20/h3-10,15,19H,11-14,16-17H2,1-2H3,(H,23,26). The van der Waals surface area contributed by atoms with Crippen LogP contribution in [0.4, 0.5) is 0 Å². The number of nitrogens with zero attached hydrogens (tertiary/aromatic N) is 2. The van der Waals surface area contributed by atoms with E-state index in [1.165, 1.54) is 11.1 Å². The van der Waals surface area contributed by atoms with Crippen LogP contribution in [-0.4, -0.2) is 47.9 Å². The molecule has 1 heterocycles. The van der Waals surface area contributed by atoms with Crippen LogP contribution in [0.5, 0.6) is 0 Å². The average Bonchev–Trinajstić information content (AvgIpc) is 2.67. The van der Waals surface area contributed by atoms with Gasteiger partial charge in [0.1, 0.15) is 0 Å². The van der Waals surface area contributed by atoms with Crippen molar-refractivity contribution in [3.05, 3.63) is 71.3 Å². The van der Waals surface area contributed by atoms with Crippen LogP contribution >= 0.6 is 0 Å². The van der Waals surface area contributed by atoms with E-state index < -0.39 is 0 Å². The lowest BCUT2D eigenvalue weighted by molar-refractivity contribution is -0.126. The lowest BCUT2D eigenvalue weighted by Gasteiger charge is -2.37. The molecule has 4 nitrogen and oxygen atoms in total. The fourth-order valence-electron chi connectivity index (χ4n) is 3.48. The molecule has 1 atom stereocenters. The highest BCUT2D eigenvalue weighted by molar-refractivity contribution is 5.81. The summed E-state index contributed by atoms with van der Waals surface area (Å²) in [5.74, 6) is 0.114. The van der Waals surface area contributed by atoms with Crippen molar-refractivity contribution in [2.45, 2.75) is 33.0 Å². The summed E-state index contributed by atoms with van der Waals surface area (Å²) in [6.45, 7) is 9.55. The quantitative estimate of drug-likeness (QED) is 0.869. The predicted molar refractivity (Wildman–Crippen MR) is 106 cm³/mol. The minimum atomic E-state index is -0.0846. The third kappa shape index (κ3) is 5.16. The smallest absolute Gasteiger partial charge is 0.237 e. The molecule has 1 aliphatic heterocycles. The fourth-order valence-corrected chi connectivity index (χ4v) is 3.48. The Morgan fingerprint density at radius 2 is 1.69 bits per heavy atom. The first kappa shape index (κ1) is 18.6. The molecular formula is C22H29N3O. The minimum Gasteiger partial charge on any atom is -0.351 e. The number of hydrogen-bond donors (Lipinski definition) is 1. The van der Waals surface area contributed by atoms with Crippen molar-refractivity contribution in [3.8, 4) is 0 Å². The first-order valence-corrected chi connectivity index (χ1v) is 9.45. The highest BCUT2D eigenvalue weighted by Crippen LogP contribution is 2.11. The molecule has 0 aliphatic carbocycles. The van der Waals surface area contributed by atoms with Gasteiger partial charge in [0.05, 0.1) is 6.04 Å². The number of rotatable bonds is 6. The van der Waals surface area contributed by atoms with E-state index in [1.807, 2.05) is 13.0 Å². The average molecular weight is 351 g/mol. The third-order valence-corrected chi connectivity index (χ3v) is 5.13. The van der Waals surface area contributed by atoms with Crippen molar-refractivity contribution in [1.29, 1.82) is 0 Å². The first-order valence-electron chi connectivity index (χ1n) is 9.45. The van der Waals surface area contributed by atoms with Crippen LogP contribution < -0.4 is 5.32 Å². The van der Waals surface area contributed by atoms with E-state index in [1.54, 1.807) is 0 Å². The van der Waals surface area contributed by atoms with E-state index >= 15 is 0 Å². The maximum atomic E-state index is 12.5. The Hall–Kier alpha value is -2.17. The second-order valence-electron chi connectivity index (χ2n) is 7.18. The van der Waals surface area contributed by atoms with Gasteiger partial charge < -0.3 is 5.32 Å². The summed E-state index contributed by atoms with van der Waals surface area (Å²) in [6.07, 6.45) is 0. The molecular weight excluding hydrogens is 322 g/mol. The molecule has 0 saturated carbocycles. The van der Waals surface area contributed by atoms with Crippen molar-refractivity contribution in [2.24, 2.45) is 0 Å². The summed E-state index contributed by atoms with van der Waals surface area (Å²) in [5, 5.41) is 3.08. The molecule has 1 N–H and O–H groups in total. The molecule has 1 amide bonds. The highest BCUT2D eigenvalue weighted by Gasteiger charge is 2.25. The summed E-state index contributed by atoms with van der Waals surface area (Å²) in [6, 6.07) is 18.8. The Bertz CT molecular complexity index is 708. The number of amides is 1. The van der Waals surface area contributed by atoms with E-state index in [2.05, 4.69) is 70.6 Å². The largest absolute Gasteiger partial charge is 0.351 e. The minimum absolute atomic E-state index is 0.0846. The third-order valence-electron chi connectivity index (χ3n) is 5.13. The summed E-state index contributed by atoms with van der Waals surface area (Å²) >= 11 is 0. The topological polar surface area (TPSA) is 35.6 Å². The number of nitrogens with one attached hydrogen (secondary N) is 1. The van der Waals surface area contributed by atoms with Crippen molar-refractivity contribution in [2.75, 3.05) is 26.2 Å². The van der Waals surface area contributed by atoms with E-state index in [0.29, 0.717) is 6.54 Å². The second-order valence-corrected chi connectivity index (χ2v) is 7.18. The van der Waals surface area contributed by atoms with Crippen LogP contribution in [0.1, 0.15) is 23.6 Å². The van der Waals surface area contributed by atoms with Crippen LogP contribution in [-0.2, 0) is 17.9 Å². The maximum Gasteiger partial charge on any atom is 0.237 e. The van der Waals surface area contributed by atoms with E-state index in [4.69, 9.17) is 0 Å². The Morgan fingerprint density at radius 3 is 2.38 bits per heavy atom. The Morgan fingerprint density at radius 1 is 1.00 bits per heavy atom. The zero-order valence-corrected chi connectivity index (χ0v) is 15.8. The fraction of sp³-hybridized carbons (Fsp3) is 0.409.